The number of furan rings is 1. The van der Waals surface area contributed by atoms with E-state index < -0.39 is 0 Å². The van der Waals surface area contributed by atoms with Crippen LogP contribution in [-0.4, -0.2) is 0 Å². The summed E-state index contributed by atoms with van der Waals surface area (Å²) in [7, 11) is 0. The van der Waals surface area contributed by atoms with Crippen LogP contribution in [0.1, 0.15) is 36.8 Å². The Balaban J connectivity index is 0.000000845. The summed E-state index contributed by atoms with van der Waals surface area (Å²) in [6.07, 6.45) is 3.86. The van der Waals surface area contributed by atoms with Crippen LogP contribution in [0.25, 0.3) is 0 Å². The molecule has 1 aromatic rings. The van der Waals surface area contributed by atoms with E-state index in [-0.39, 0.29) is 18.4 Å². The van der Waals surface area contributed by atoms with Gasteiger partial charge in [-0.15, -0.1) is 12.4 Å². The van der Waals surface area contributed by atoms with Gasteiger partial charge in [-0.1, -0.05) is 6.42 Å². The molecule has 2 nitrogen and oxygen atoms in total. The normalized spacial score (nSPS) is 18.9. The van der Waals surface area contributed by atoms with Crippen molar-refractivity contribution >= 4 is 12.4 Å². The van der Waals surface area contributed by atoms with Crippen molar-refractivity contribution in [2.75, 3.05) is 0 Å². The van der Waals surface area contributed by atoms with Crippen LogP contribution in [0.15, 0.2) is 16.5 Å². The average molecular weight is 202 g/mol. The molecule has 1 saturated carbocycles. The summed E-state index contributed by atoms with van der Waals surface area (Å²) in [6, 6.07) is 4.11. The fourth-order valence-corrected chi connectivity index (χ4v) is 1.66. The molecule has 1 heterocycles. The first kappa shape index (κ1) is 10.6. The van der Waals surface area contributed by atoms with E-state index >= 15 is 0 Å². The fraction of sp³-hybridized carbons (Fsp3) is 0.600. The van der Waals surface area contributed by atoms with Crippen molar-refractivity contribution in [2.45, 2.75) is 32.2 Å². The molecule has 1 aliphatic rings. The third-order valence-electron chi connectivity index (χ3n) is 2.75. The molecule has 0 spiro atoms. The van der Waals surface area contributed by atoms with E-state index in [1.165, 1.54) is 19.3 Å². The van der Waals surface area contributed by atoms with E-state index in [1.807, 2.05) is 19.1 Å². The lowest BCUT2D eigenvalue weighted by molar-refractivity contribution is 0.239. The van der Waals surface area contributed by atoms with Crippen LogP contribution in [-0.2, 0) is 0 Å². The molecule has 0 saturated heterocycles. The highest BCUT2D eigenvalue weighted by Crippen LogP contribution is 2.36. The maximum atomic E-state index is 6.02. The molecule has 2 rings (SSSR count). The van der Waals surface area contributed by atoms with Gasteiger partial charge in [0.25, 0.3) is 0 Å². The Morgan fingerprint density at radius 2 is 2.15 bits per heavy atom. The highest BCUT2D eigenvalue weighted by molar-refractivity contribution is 5.85. The van der Waals surface area contributed by atoms with Gasteiger partial charge in [0.15, 0.2) is 0 Å². The first-order chi connectivity index (χ1) is 5.77. The summed E-state index contributed by atoms with van der Waals surface area (Å²) in [5.41, 5.74) is 6.02. The number of nitrogens with two attached hydrogens (primary N) is 1. The van der Waals surface area contributed by atoms with Crippen molar-refractivity contribution in [3.05, 3.63) is 23.7 Å². The molecule has 0 bridgehead atoms. The van der Waals surface area contributed by atoms with Crippen molar-refractivity contribution < 1.29 is 4.42 Å². The Bertz CT molecular complexity index is 268. The number of aryl methyl sites for hydroxylation is 1. The lowest BCUT2D eigenvalue weighted by Crippen LogP contribution is -2.26. The Morgan fingerprint density at radius 3 is 2.54 bits per heavy atom. The lowest BCUT2D eigenvalue weighted by Gasteiger charge is -2.29. The molecule has 0 aliphatic heterocycles. The predicted molar refractivity (Wildman–Crippen MR) is 55.0 cm³/mol. The van der Waals surface area contributed by atoms with Gasteiger partial charge in [0.1, 0.15) is 11.5 Å². The van der Waals surface area contributed by atoms with E-state index in [1.54, 1.807) is 0 Å². The van der Waals surface area contributed by atoms with Crippen LogP contribution >= 0.6 is 12.4 Å². The molecule has 0 amide bonds. The molecule has 3 heteroatoms. The first-order valence-electron chi connectivity index (χ1n) is 4.59. The minimum Gasteiger partial charge on any atom is -0.465 e. The highest BCUT2D eigenvalue weighted by Gasteiger charge is 2.27. The molecule has 1 fully saturated rings. The summed E-state index contributed by atoms with van der Waals surface area (Å²) in [6.45, 7) is 1.96. The van der Waals surface area contributed by atoms with Crippen LogP contribution < -0.4 is 5.73 Å². The molecule has 0 aromatic carbocycles. The van der Waals surface area contributed by atoms with Crippen molar-refractivity contribution in [1.82, 2.24) is 0 Å². The van der Waals surface area contributed by atoms with Crippen LogP contribution in [0.4, 0.5) is 0 Å². The maximum absolute atomic E-state index is 6.02. The van der Waals surface area contributed by atoms with Gasteiger partial charge in [-0.3, -0.25) is 0 Å². The van der Waals surface area contributed by atoms with Crippen molar-refractivity contribution in [1.29, 1.82) is 0 Å². The number of rotatable bonds is 2. The smallest absolute Gasteiger partial charge is 0.121 e. The lowest BCUT2D eigenvalue weighted by atomic mass is 9.79. The van der Waals surface area contributed by atoms with Crippen LogP contribution in [0.3, 0.4) is 0 Å². The zero-order chi connectivity index (χ0) is 8.55. The van der Waals surface area contributed by atoms with E-state index in [9.17, 15) is 0 Å². The van der Waals surface area contributed by atoms with E-state index in [0.29, 0.717) is 5.92 Å². The van der Waals surface area contributed by atoms with Gasteiger partial charge < -0.3 is 10.2 Å². The SMILES string of the molecule is Cc1ccc([C@@H](N)C2CCC2)o1.Cl. The van der Waals surface area contributed by atoms with Crippen molar-refractivity contribution in [3.8, 4) is 0 Å². The second-order valence-electron chi connectivity index (χ2n) is 3.67. The van der Waals surface area contributed by atoms with Crippen molar-refractivity contribution in [2.24, 2.45) is 11.7 Å². The fourth-order valence-electron chi connectivity index (χ4n) is 1.66. The van der Waals surface area contributed by atoms with Gasteiger partial charge in [-0.25, -0.2) is 0 Å². The monoisotopic (exact) mass is 201 g/mol. The second-order valence-corrected chi connectivity index (χ2v) is 3.67. The molecule has 2 N–H and O–H groups in total. The van der Waals surface area contributed by atoms with E-state index in [2.05, 4.69) is 0 Å². The van der Waals surface area contributed by atoms with Gasteiger partial charge in [-0.05, 0) is 37.8 Å². The van der Waals surface area contributed by atoms with Gasteiger partial charge in [0.05, 0.1) is 6.04 Å². The van der Waals surface area contributed by atoms with Crippen molar-refractivity contribution in [3.63, 3.8) is 0 Å². The minimum atomic E-state index is 0. The third-order valence-corrected chi connectivity index (χ3v) is 2.75. The second kappa shape index (κ2) is 4.16. The predicted octanol–water partition coefficient (Wildman–Crippen LogP) is 2.81. The molecule has 0 radical (unpaired) electrons. The Hall–Kier alpha value is -0.470. The minimum absolute atomic E-state index is 0. The topological polar surface area (TPSA) is 39.2 Å². The largest absolute Gasteiger partial charge is 0.465 e. The molecule has 1 atom stereocenters. The first-order valence-corrected chi connectivity index (χ1v) is 4.59. The molecule has 74 valence electrons. The van der Waals surface area contributed by atoms with Gasteiger partial charge in [-0.2, -0.15) is 0 Å². The maximum Gasteiger partial charge on any atom is 0.121 e. The summed E-state index contributed by atoms with van der Waals surface area (Å²) in [5, 5.41) is 0. The zero-order valence-electron chi connectivity index (χ0n) is 7.82. The van der Waals surface area contributed by atoms with Gasteiger partial charge in [0.2, 0.25) is 0 Å². The van der Waals surface area contributed by atoms with Crippen LogP contribution in [0.5, 0.6) is 0 Å². The Kier molecular flexibility index (Phi) is 3.40. The van der Waals surface area contributed by atoms with Gasteiger partial charge in [0, 0.05) is 0 Å². The van der Waals surface area contributed by atoms with Crippen LogP contribution in [0, 0.1) is 12.8 Å². The van der Waals surface area contributed by atoms with Gasteiger partial charge >= 0.3 is 0 Å². The molecular formula is C10H16ClNO. The average Bonchev–Trinajstić information content (AvgIpc) is 2.31. The number of hydrogen-bond donors (Lipinski definition) is 1. The molecule has 1 aliphatic carbocycles. The standard InChI is InChI=1S/C10H15NO.ClH/c1-7-5-6-9(12-7)10(11)8-3-2-4-8;/h5-6,8,10H,2-4,11H2,1H3;1H/t10-;/m0./s1. The highest BCUT2D eigenvalue weighted by atomic mass is 35.5. The molecule has 0 unspecified atom stereocenters. The summed E-state index contributed by atoms with van der Waals surface area (Å²) < 4.78 is 5.48. The van der Waals surface area contributed by atoms with E-state index in [4.69, 9.17) is 10.2 Å². The quantitative estimate of drug-likeness (QED) is 0.799. The molecule has 13 heavy (non-hydrogen) atoms. The molecular weight excluding hydrogens is 186 g/mol. The third kappa shape index (κ3) is 2.06. The summed E-state index contributed by atoms with van der Waals surface area (Å²) >= 11 is 0. The van der Waals surface area contributed by atoms with Crippen LogP contribution in [0.2, 0.25) is 0 Å². The zero-order valence-corrected chi connectivity index (χ0v) is 8.64. The Labute approximate surface area is 84.9 Å². The molecule has 1 aromatic heterocycles. The Morgan fingerprint density at radius 1 is 1.46 bits per heavy atom. The number of halogens is 1. The van der Waals surface area contributed by atoms with E-state index in [0.717, 1.165) is 11.5 Å². The summed E-state index contributed by atoms with van der Waals surface area (Å²) in [5.74, 6) is 2.58. The number of hydrogen-bond acceptors (Lipinski definition) is 2. The summed E-state index contributed by atoms with van der Waals surface area (Å²) in [4.78, 5) is 0.